The molecule has 0 radical (unpaired) electrons. The second kappa shape index (κ2) is 8.39. The molecule has 0 aliphatic heterocycles. The van der Waals surface area contributed by atoms with Gasteiger partial charge in [0, 0.05) is 28.7 Å². The molecule has 5 nitrogen and oxygen atoms in total. The molecule has 1 aromatic heterocycles. The number of thioether (sulfide) groups is 1. The summed E-state index contributed by atoms with van der Waals surface area (Å²) in [7, 11) is 0. The number of nitrogens with one attached hydrogen (secondary N) is 1. The molecular weight excluding hydrogens is 358 g/mol. The zero-order valence-corrected chi connectivity index (χ0v) is 15.7. The van der Waals surface area contributed by atoms with E-state index in [4.69, 9.17) is 4.52 Å². The summed E-state index contributed by atoms with van der Waals surface area (Å²) >= 11 is 1.68. The van der Waals surface area contributed by atoms with E-state index in [1.54, 1.807) is 11.8 Å². The van der Waals surface area contributed by atoms with Crippen molar-refractivity contribution in [3.8, 4) is 0 Å². The van der Waals surface area contributed by atoms with Crippen LogP contribution >= 0.6 is 11.8 Å². The van der Waals surface area contributed by atoms with Crippen LogP contribution in [-0.2, 0) is 11.2 Å². The molecule has 0 bridgehead atoms. The Morgan fingerprint density at radius 2 is 1.89 bits per heavy atom. The third-order valence-corrected chi connectivity index (χ3v) is 5.41. The first-order chi connectivity index (χ1) is 13.3. The smallest absolute Gasteiger partial charge is 0.231 e. The fraction of sp³-hybridized carbons (Fsp3) is 0.286. The molecular formula is C21H21N3O2S. The van der Waals surface area contributed by atoms with Gasteiger partial charge in [0.25, 0.3) is 0 Å². The van der Waals surface area contributed by atoms with E-state index >= 15 is 0 Å². The summed E-state index contributed by atoms with van der Waals surface area (Å²) in [6.07, 6.45) is 3.27. The summed E-state index contributed by atoms with van der Waals surface area (Å²) in [5.41, 5.74) is 1.78. The number of rotatable bonds is 8. The fourth-order valence-electron chi connectivity index (χ4n) is 2.80. The van der Waals surface area contributed by atoms with Crippen LogP contribution in [0.25, 0.3) is 0 Å². The third kappa shape index (κ3) is 4.98. The Morgan fingerprint density at radius 3 is 2.70 bits per heavy atom. The molecule has 4 rings (SSSR count). The zero-order chi connectivity index (χ0) is 18.5. The lowest BCUT2D eigenvalue weighted by molar-refractivity contribution is -0.115. The molecule has 27 heavy (non-hydrogen) atoms. The molecule has 6 heteroatoms. The largest absolute Gasteiger partial charge is 0.339 e. The van der Waals surface area contributed by atoms with Crippen LogP contribution in [0, 0.1) is 0 Å². The number of carbonyl (C=O) groups is 1. The maximum atomic E-state index is 12.3. The molecule has 2 aromatic carbocycles. The van der Waals surface area contributed by atoms with Gasteiger partial charge >= 0.3 is 0 Å². The van der Waals surface area contributed by atoms with Gasteiger partial charge in [-0.2, -0.15) is 4.98 Å². The van der Waals surface area contributed by atoms with Crippen molar-refractivity contribution < 1.29 is 9.32 Å². The summed E-state index contributed by atoms with van der Waals surface area (Å²) in [5, 5.41) is 7.07. The summed E-state index contributed by atoms with van der Waals surface area (Å²) in [5.74, 6) is 2.63. The van der Waals surface area contributed by atoms with Gasteiger partial charge in [-0.3, -0.25) is 4.79 Å². The SMILES string of the molecule is O=C(CCSc1ccccc1)Nc1ccccc1Cc1nc(C2CC2)no1. The molecule has 1 heterocycles. The summed E-state index contributed by atoms with van der Waals surface area (Å²) in [4.78, 5) is 18.0. The number of aromatic nitrogens is 2. The molecule has 0 atom stereocenters. The van der Waals surface area contributed by atoms with Gasteiger partial charge in [0.15, 0.2) is 5.82 Å². The molecule has 0 spiro atoms. The molecule has 138 valence electrons. The Morgan fingerprint density at radius 1 is 1.11 bits per heavy atom. The summed E-state index contributed by atoms with van der Waals surface area (Å²) in [6.45, 7) is 0. The van der Waals surface area contributed by atoms with Crippen molar-refractivity contribution in [3.63, 3.8) is 0 Å². The van der Waals surface area contributed by atoms with Gasteiger partial charge in [-0.1, -0.05) is 41.6 Å². The first kappa shape index (κ1) is 17.8. The Labute approximate surface area is 162 Å². The molecule has 0 saturated heterocycles. The Kier molecular flexibility index (Phi) is 5.53. The quantitative estimate of drug-likeness (QED) is 0.577. The van der Waals surface area contributed by atoms with Crippen LogP contribution in [0.2, 0.25) is 0 Å². The molecule has 1 aliphatic carbocycles. The standard InChI is InChI=1S/C21H21N3O2S/c25-19(12-13-27-17-7-2-1-3-8-17)22-18-9-5-4-6-16(18)14-20-23-21(24-26-20)15-10-11-15/h1-9,15H,10-14H2,(H,22,25). The molecule has 1 aliphatic rings. The van der Waals surface area contributed by atoms with Crippen LogP contribution in [0.5, 0.6) is 0 Å². The number of hydrogen-bond donors (Lipinski definition) is 1. The van der Waals surface area contributed by atoms with Gasteiger partial charge in [-0.05, 0) is 36.6 Å². The van der Waals surface area contributed by atoms with Crippen molar-refractivity contribution in [2.75, 3.05) is 11.1 Å². The predicted molar refractivity (Wildman–Crippen MR) is 106 cm³/mol. The zero-order valence-electron chi connectivity index (χ0n) is 14.9. The van der Waals surface area contributed by atoms with Crippen LogP contribution in [-0.4, -0.2) is 21.8 Å². The van der Waals surface area contributed by atoms with E-state index in [0.717, 1.165) is 35.7 Å². The minimum absolute atomic E-state index is 0.00933. The molecule has 1 amide bonds. The number of carbonyl (C=O) groups excluding carboxylic acids is 1. The van der Waals surface area contributed by atoms with Gasteiger partial charge in [-0.25, -0.2) is 0 Å². The van der Waals surface area contributed by atoms with Gasteiger partial charge in [0.05, 0.1) is 6.42 Å². The van der Waals surface area contributed by atoms with E-state index in [9.17, 15) is 4.79 Å². The van der Waals surface area contributed by atoms with Gasteiger partial charge in [0.2, 0.25) is 11.8 Å². The second-order valence-corrected chi connectivity index (χ2v) is 7.78. The summed E-state index contributed by atoms with van der Waals surface area (Å²) < 4.78 is 5.37. The van der Waals surface area contributed by atoms with Gasteiger partial charge < -0.3 is 9.84 Å². The highest BCUT2D eigenvalue weighted by Gasteiger charge is 2.28. The van der Waals surface area contributed by atoms with Crippen molar-refractivity contribution in [3.05, 3.63) is 71.9 Å². The van der Waals surface area contributed by atoms with E-state index in [1.807, 2.05) is 42.5 Å². The maximum Gasteiger partial charge on any atom is 0.231 e. The lowest BCUT2D eigenvalue weighted by atomic mass is 10.1. The molecule has 0 unspecified atom stereocenters. The van der Waals surface area contributed by atoms with E-state index in [0.29, 0.717) is 24.7 Å². The molecule has 1 saturated carbocycles. The van der Waals surface area contributed by atoms with Crippen molar-refractivity contribution in [2.45, 2.75) is 36.5 Å². The number of amides is 1. The Balaban J connectivity index is 1.33. The number of hydrogen-bond acceptors (Lipinski definition) is 5. The van der Waals surface area contributed by atoms with E-state index in [2.05, 4.69) is 27.6 Å². The van der Waals surface area contributed by atoms with E-state index in [-0.39, 0.29) is 5.91 Å². The van der Waals surface area contributed by atoms with Crippen LogP contribution in [0.1, 0.15) is 42.5 Å². The second-order valence-electron chi connectivity index (χ2n) is 6.61. The first-order valence-corrected chi connectivity index (χ1v) is 10.1. The lowest BCUT2D eigenvalue weighted by Crippen LogP contribution is -2.13. The van der Waals surface area contributed by atoms with E-state index in [1.165, 1.54) is 4.90 Å². The maximum absolute atomic E-state index is 12.3. The number of nitrogens with zero attached hydrogens (tertiary/aromatic N) is 2. The highest BCUT2D eigenvalue weighted by molar-refractivity contribution is 7.99. The van der Waals surface area contributed by atoms with Crippen LogP contribution in [0.4, 0.5) is 5.69 Å². The number of para-hydroxylation sites is 1. The third-order valence-electron chi connectivity index (χ3n) is 4.40. The van der Waals surface area contributed by atoms with E-state index < -0.39 is 0 Å². The molecule has 1 fully saturated rings. The topological polar surface area (TPSA) is 68.0 Å². The van der Waals surface area contributed by atoms with Gasteiger partial charge in [-0.15, -0.1) is 11.8 Å². The normalized spacial score (nSPS) is 13.5. The highest BCUT2D eigenvalue weighted by atomic mass is 32.2. The lowest BCUT2D eigenvalue weighted by Gasteiger charge is -2.09. The van der Waals surface area contributed by atoms with Crippen LogP contribution < -0.4 is 5.32 Å². The average Bonchev–Trinajstić information content (AvgIpc) is 3.43. The van der Waals surface area contributed by atoms with Gasteiger partial charge in [0.1, 0.15) is 0 Å². The Bertz CT molecular complexity index is 907. The minimum atomic E-state index is 0.00933. The average molecular weight is 379 g/mol. The van der Waals surface area contributed by atoms with Crippen molar-refractivity contribution in [1.82, 2.24) is 10.1 Å². The molecule has 3 aromatic rings. The monoisotopic (exact) mass is 379 g/mol. The van der Waals surface area contributed by atoms with Crippen LogP contribution in [0.3, 0.4) is 0 Å². The highest BCUT2D eigenvalue weighted by Crippen LogP contribution is 2.38. The predicted octanol–water partition coefficient (Wildman–Crippen LogP) is 4.66. The minimum Gasteiger partial charge on any atom is -0.339 e. The number of anilines is 1. The molecule has 1 N–H and O–H groups in total. The van der Waals surface area contributed by atoms with Crippen molar-refractivity contribution in [1.29, 1.82) is 0 Å². The van der Waals surface area contributed by atoms with Crippen LogP contribution in [0.15, 0.2) is 64.0 Å². The Hall–Kier alpha value is -2.60. The first-order valence-electron chi connectivity index (χ1n) is 9.16. The fourth-order valence-corrected chi connectivity index (χ4v) is 3.67. The summed E-state index contributed by atoms with van der Waals surface area (Å²) in [6, 6.07) is 17.9. The number of benzene rings is 2. The van der Waals surface area contributed by atoms with Crippen molar-refractivity contribution >= 4 is 23.4 Å². The van der Waals surface area contributed by atoms with Crippen molar-refractivity contribution in [2.24, 2.45) is 0 Å².